The van der Waals surface area contributed by atoms with Gasteiger partial charge in [0.15, 0.2) is 0 Å². The van der Waals surface area contributed by atoms with Crippen LogP contribution in [0.4, 0.5) is 5.95 Å². The molecule has 1 atom stereocenters. The molecule has 1 unspecified atom stereocenters. The third-order valence-electron chi connectivity index (χ3n) is 3.92. The number of aromatic nitrogens is 3. The van der Waals surface area contributed by atoms with Crippen molar-refractivity contribution in [2.75, 3.05) is 24.1 Å². The molecule has 1 aromatic heterocycles. The van der Waals surface area contributed by atoms with Crippen molar-refractivity contribution in [2.24, 2.45) is 0 Å². The lowest BCUT2D eigenvalue weighted by molar-refractivity contribution is -0.139. The van der Waals surface area contributed by atoms with Crippen LogP contribution in [-0.2, 0) is 9.53 Å². The molecule has 6 nitrogen and oxygen atoms in total. The smallest absolute Gasteiger partial charge is 0.338 e. The maximum absolute atomic E-state index is 12.7. The molecule has 0 fully saturated rings. The fraction of sp³-hybridized carbons (Fsp3) is 0.353. The summed E-state index contributed by atoms with van der Waals surface area (Å²) < 4.78 is 7.00. The van der Waals surface area contributed by atoms with E-state index in [4.69, 9.17) is 16.3 Å². The Morgan fingerprint density at radius 2 is 2.12 bits per heavy atom. The molecule has 1 aliphatic rings. The van der Waals surface area contributed by atoms with Gasteiger partial charge in [-0.25, -0.2) is 9.48 Å². The van der Waals surface area contributed by atoms with E-state index < -0.39 is 12.0 Å². The minimum atomic E-state index is -0.432. The van der Waals surface area contributed by atoms with Crippen molar-refractivity contribution in [1.82, 2.24) is 14.8 Å². The van der Waals surface area contributed by atoms with Gasteiger partial charge in [0, 0.05) is 5.70 Å². The molecule has 0 aliphatic carbocycles. The highest BCUT2D eigenvalue weighted by molar-refractivity contribution is 7.98. The highest BCUT2D eigenvalue weighted by Gasteiger charge is 2.36. The van der Waals surface area contributed by atoms with E-state index in [1.54, 1.807) is 11.6 Å². The first-order chi connectivity index (χ1) is 12.1. The van der Waals surface area contributed by atoms with Crippen LogP contribution in [0.2, 0.25) is 0 Å². The summed E-state index contributed by atoms with van der Waals surface area (Å²) in [5.41, 5.74) is 3.13. The van der Waals surface area contributed by atoms with E-state index in [9.17, 15) is 4.79 Å². The number of hydrogen-bond donors (Lipinski definition) is 1. The standard InChI is InChI=1S/C17H19ClN4O2S/c1-4-24-15(23)13-12(9-18)19-16-20-17(25-3)21-22(16)14(13)11-7-5-10(2)6-8-11/h5-8,14H,4,9H2,1-3H3,(H,19,20,21). The number of esters is 1. The third-order valence-corrected chi connectivity index (χ3v) is 4.73. The number of allylic oxidation sites excluding steroid dienone is 1. The summed E-state index contributed by atoms with van der Waals surface area (Å²) in [5, 5.41) is 8.28. The molecule has 2 aromatic rings. The molecule has 2 heterocycles. The van der Waals surface area contributed by atoms with Gasteiger partial charge in [-0.1, -0.05) is 41.6 Å². The van der Waals surface area contributed by atoms with Crippen molar-refractivity contribution >= 4 is 35.3 Å². The molecular weight excluding hydrogens is 360 g/mol. The van der Waals surface area contributed by atoms with E-state index in [2.05, 4.69) is 15.4 Å². The van der Waals surface area contributed by atoms with Gasteiger partial charge in [0.1, 0.15) is 6.04 Å². The van der Waals surface area contributed by atoms with Gasteiger partial charge >= 0.3 is 5.97 Å². The Bertz CT molecular complexity index is 817. The zero-order valence-corrected chi connectivity index (χ0v) is 15.8. The molecule has 0 amide bonds. The number of rotatable bonds is 5. The Hall–Kier alpha value is -1.99. The predicted molar refractivity (Wildman–Crippen MR) is 99.1 cm³/mol. The number of fused-ring (bicyclic) bond motifs is 1. The average molecular weight is 379 g/mol. The minimum Gasteiger partial charge on any atom is -0.463 e. The number of nitrogens with zero attached hydrogens (tertiary/aromatic N) is 3. The Morgan fingerprint density at radius 3 is 2.72 bits per heavy atom. The number of aryl methyl sites for hydroxylation is 1. The van der Waals surface area contributed by atoms with Crippen LogP contribution in [0.15, 0.2) is 40.7 Å². The molecule has 8 heteroatoms. The number of carbonyl (C=O) groups is 1. The summed E-state index contributed by atoms with van der Waals surface area (Å²) in [6.07, 6.45) is 1.91. The van der Waals surface area contributed by atoms with E-state index in [0.29, 0.717) is 29.0 Å². The van der Waals surface area contributed by atoms with Gasteiger partial charge in [0.05, 0.1) is 18.1 Å². The predicted octanol–water partition coefficient (Wildman–Crippen LogP) is 3.38. The largest absolute Gasteiger partial charge is 0.463 e. The molecule has 0 saturated carbocycles. The Kier molecular flexibility index (Phi) is 5.34. The SMILES string of the molecule is CCOC(=O)C1=C(CCl)Nc2nc(SC)nn2C1c1ccc(C)cc1. The van der Waals surface area contributed by atoms with Crippen molar-refractivity contribution in [2.45, 2.75) is 25.0 Å². The van der Waals surface area contributed by atoms with Crippen molar-refractivity contribution < 1.29 is 9.53 Å². The van der Waals surface area contributed by atoms with Crippen molar-refractivity contribution in [3.63, 3.8) is 0 Å². The van der Waals surface area contributed by atoms with Gasteiger partial charge in [0.25, 0.3) is 0 Å². The van der Waals surface area contributed by atoms with Crippen LogP contribution in [0, 0.1) is 6.92 Å². The lowest BCUT2D eigenvalue weighted by atomic mass is 9.95. The fourth-order valence-corrected chi connectivity index (χ4v) is 3.31. The number of benzene rings is 1. The van der Waals surface area contributed by atoms with Crippen LogP contribution in [0.5, 0.6) is 0 Å². The van der Waals surface area contributed by atoms with Crippen LogP contribution >= 0.6 is 23.4 Å². The molecule has 1 aromatic carbocycles. The van der Waals surface area contributed by atoms with Crippen molar-refractivity contribution in [3.8, 4) is 0 Å². The van der Waals surface area contributed by atoms with E-state index in [1.165, 1.54) is 11.8 Å². The molecule has 132 valence electrons. The van der Waals surface area contributed by atoms with Crippen LogP contribution in [0.25, 0.3) is 0 Å². The summed E-state index contributed by atoms with van der Waals surface area (Å²) >= 11 is 7.55. The van der Waals surface area contributed by atoms with E-state index >= 15 is 0 Å². The summed E-state index contributed by atoms with van der Waals surface area (Å²) in [7, 11) is 0. The van der Waals surface area contributed by atoms with Crippen molar-refractivity contribution in [1.29, 1.82) is 0 Å². The van der Waals surface area contributed by atoms with Gasteiger partial charge in [-0.05, 0) is 25.7 Å². The second-order valence-corrected chi connectivity index (χ2v) is 6.59. The Labute approximate surface area is 155 Å². The topological polar surface area (TPSA) is 69.0 Å². The first kappa shape index (κ1) is 17.8. The van der Waals surface area contributed by atoms with Crippen LogP contribution in [0.1, 0.15) is 24.1 Å². The second kappa shape index (κ2) is 7.49. The van der Waals surface area contributed by atoms with Crippen LogP contribution < -0.4 is 5.32 Å². The van der Waals surface area contributed by atoms with Gasteiger partial charge < -0.3 is 10.1 Å². The number of halogens is 1. The lowest BCUT2D eigenvalue weighted by Crippen LogP contribution is -2.31. The Balaban J connectivity index is 2.18. The summed E-state index contributed by atoms with van der Waals surface area (Å²) in [4.78, 5) is 17.1. The molecular formula is C17H19ClN4O2S. The van der Waals surface area contributed by atoms with E-state index in [-0.39, 0.29) is 5.88 Å². The number of thioether (sulfide) groups is 1. The fourth-order valence-electron chi connectivity index (χ4n) is 2.75. The van der Waals surface area contributed by atoms with Crippen LogP contribution in [0.3, 0.4) is 0 Å². The number of nitrogens with one attached hydrogen (secondary N) is 1. The zero-order chi connectivity index (χ0) is 18.0. The number of carbonyl (C=O) groups excluding carboxylic acids is 1. The molecule has 0 saturated heterocycles. The molecule has 0 bridgehead atoms. The summed E-state index contributed by atoms with van der Waals surface area (Å²) in [6.45, 7) is 4.09. The van der Waals surface area contributed by atoms with Gasteiger partial charge in [0.2, 0.25) is 11.1 Å². The second-order valence-electron chi connectivity index (χ2n) is 5.55. The monoisotopic (exact) mass is 378 g/mol. The van der Waals surface area contributed by atoms with Gasteiger partial charge in [-0.3, -0.25) is 0 Å². The summed E-state index contributed by atoms with van der Waals surface area (Å²) in [5.74, 6) is 0.319. The average Bonchev–Trinajstić information content (AvgIpc) is 3.04. The van der Waals surface area contributed by atoms with Crippen LogP contribution in [-0.4, -0.2) is 39.5 Å². The van der Waals surface area contributed by atoms with Crippen molar-refractivity contribution in [3.05, 3.63) is 46.7 Å². The molecule has 3 rings (SSSR count). The number of anilines is 1. The number of alkyl halides is 1. The normalized spacial score (nSPS) is 16.4. The lowest BCUT2D eigenvalue weighted by Gasteiger charge is -2.28. The summed E-state index contributed by atoms with van der Waals surface area (Å²) in [6, 6.07) is 7.55. The first-order valence-corrected chi connectivity index (χ1v) is 9.65. The number of hydrogen-bond acceptors (Lipinski definition) is 6. The number of ether oxygens (including phenoxy) is 1. The molecule has 1 aliphatic heterocycles. The quantitative estimate of drug-likeness (QED) is 0.488. The van der Waals surface area contributed by atoms with E-state index in [1.807, 2.05) is 37.4 Å². The zero-order valence-electron chi connectivity index (χ0n) is 14.2. The maximum Gasteiger partial charge on any atom is 0.338 e. The highest BCUT2D eigenvalue weighted by atomic mass is 35.5. The first-order valence-electron chi connectivity index (χ1n) is 7.89. The molecule has 1 N–H and O–H groups in total. The molecule has 25 heavy (non-hydrogen) atoms. The van der Waals surface area contributed by atoms with E-state index in [0.717, 1.165) is 11.1 Å². The van der Waals surface area contributed by atoms with Gasteiger partial charge in [-0.2, -0.15) is 4.98 Å². The maximum atomic E-state index is 12.7. The molecule has 0 spiro atoms. The highest BCUT2D eigenvalue weighted by Crippen LogP contribution is 2.37. The van der Waals surface area contributed by atoms with Gasteiger partial charge in [-0.15, -0.1) is 16.7 Å². The third kappa shape index (κ3) is 3.39. The minimum absolute atomic E-state index is 0.151. The Morgan fingerprint density at radius 1 is 1.40 bits per heavy atom. The molecule has 0 radical (unpaired) electrons.